The lowest BCUT2D eigenvalue weighted by atomic mass is 10.1. The summed E-state index contributed by atoms with van der Waals surface area (Å²) in [6, 6.07) is 30.9. The molecule has 0 saturated carbocycles. The second-order valence-electron chi connectivity index (χ2n) is 6.02. The minimum atomic E-state index is 0.825. The summed E-state index contributed by atoms with van der Waals surface area (Å²) in [4.78, 5) is 0. The third kappa shape index (κ3) is 3.31. The van der Waals surface area contributed by atoms with Crippen molar-refractivity contribution in [3.8, 4) is 16.9 Å². The zero-order valence-electron chi connectivity index (χ0n) is 14.1. The highest BCUT2D eigenvalue weighted by Gasteiger charge is 2.11. The van der Waals surface area contributed by atoms with Gasteiger partial charge >= 0.3 is 0 Å². The minimum absolute atomic E-state index is 0.825. The molecule has 0 spiro atoms. The molecule has 3 nitrogen and oxygen atoms in total. The molecule has 0 saturated heterocycles. The molecule has 4 rings (SSSR count). The first-order chi connectivity index (χ1) is 12.3. The second kappa shape index (κ2) is 6.65. The van der Waals surface area contributed by atoms with Crippen LogP contribution >= 0.6 is 0 Å². The van der Waals surface area contributed by atoms with E-state index in [1.54, 1.807) is 0 Å². The first-order valence-corrected chi connectivity index (χ1v) is 8.34. The molecular weight excluding hydrogens is 306 g/mol. The van der Waals surface area contributed by atoms with Crippen LogP contribution in [0.4, 0.5) is 11.5 Å². The zero-order valence-corrected chi connectivity index (χ0v) is 14.1. The van der Waals surface area contributed by atoms with E-state index in [1.807, 2.05) is 53.2 Å². The van der Waals surface area contributed by atoms with Gasteiger partial charge in [-0.25, -0.2) is 4.68 Å². The quantitative estimate of drug-likeness (QED) is 0.530. The number of para-hydroxylation sites is 1. The van der Waals surface area contributed by atoms with E-state index in [0.717, 1.165) is 28.5 Å². The standard InChI is InChI=1S/C22H19N3/c1-17-12-14-20(15-13-17)25-21(18-8-4-2-5-9-18)16-22(24-25)23-19-10-6-3-7-11-19/h2-16H,1H3,(H,23,24). The topological polar surface area (TPSA) is 29.9 Å². The normalized spacial score (nSPS) is 10.6. The van der Waals surface area contributed by atoms with Crippen molar-refractivity contribution < 1.29 is 0 Å². The number of benzene rings is 3. The Hall–Kier alpha value is -3.33. The van der Waals surface area contributed by atoms with Gasteiger partial charge in [-0.2, -0.15) is 0 Å². The molecule has 3 heteroatoms. The van der Waals surface area contributed by atoms with Crippen molar-refractivity contribution in [2.45, 2.75) is 6.92 Å². The van der Waals surface area contributed by atoms with Crippen molar-refractivity contribution in [3.63, 3.8) is 0 Å². The molecule has 0 aliphatic rings. The highest BCUT2D eigenvalue weighted by molar-refractivity contribution is 5.68. The molecule has 0 fully saturated rings. The largest absolute Gasteiger partial charge is 0.339 e. The van der Waals surface area contributed by atoms with Gasteiger partial charge in [0.25, 0.3) is 0 Å². The molecule has 3 aromatic carbocycles. The predicted octanol–water partition coefficient (Wildman–Crippen LogP) is 5.59. The number of hydrogen-bond donors (Lipinski definition) is 1. The maximum absolute atomic E-state index is 4.79. The van der Waals surface area contributed by atoms with Gasteiger partial charge in [0.05, 0.1) is 11.4 Å². The van der Waals surface area contributed by atoms with Crippen LogP contribution in [0.1, 0.15) is 5.56 Å². The Balaban J connectivity index is 1.79. The molecule has 0 unspecified atom stereocenters. The highest BCUT2D eigenvalue weighted by atomic mass is 15.3. The lowest BCUT2D eigenvalue weighted by Crippen LogP contribution is -2.00. The van der Waals surface area contributed by atoms with Gasteiger partial charge in [0, 0.05) is 17.3 Å². The smallest absolute Gasteiger partial charge is 0.153 e. The zero-order chi connectivity index (χ0) is 17.1. The van der Waals surface area contributed by atoms with E-state index in [4.69, 9.17) is 5.10 Å². The minimum Gasteiger partial charge on any atom is -0.339 e. The van der Waals surface area contributed by atoms with Crippen molar-refractivity contribution >= 4 is 11.5 Å². The van der Waals surface area contributed by atoms with Crippen molar-refractivity contribution in [2.24, 2.45) is 0 Å². The Morgan fingerprint density at radius 2 is 1.40 bits per heavy atom. The van der Waals surface area contributed by atoms with Crippen LogP contribution in [-0.4, -0.2) is 9.78 Å². The van der Waals surface area contributed by atoms with Gasteiger partial charge in [-0.3, -0.25) is 0 Å². The molecular formula is C22H19N3. The van der Waals surface area contributed by atoms with Gasteiger partial charge < -0.3 is 5.32 Å². The van der Waals surface area contributed by atoms with Crippen LogP contribution in [0.2, 0.25) is 0 Å². The SMILES string of the molecule is Cc1ccc(-n2nc(Nc3ccccc3)cc2-c2ccccc2)cc1. The van der Waals surface area contributed by atoms with Crippen molar-refractivity contribution in [1.29, 1.82) is 0 Å². The number of nitrogens with one attached hydrogen (secondary N) is 1. The first-order valence-electron chi connectivity index (χ1n) is 8.34. The Labute approximate surface area is 147 Å². The molecule has 0 aliphatic carbocycles. The maximum Gasteiger partial charge on any atom is 0.153 e. The molecule has 122 valence electrons. The van der Waals surface area contributed by atoms with Gasteiger partial charge in [-0.05, 0) is 31.2 Å². The third-order valence-corrected chi connectivity index (χ3v) is 4.10. The molecule has 0 amide bonds. The highest BCUT2D eigenvalue weighted by Crippen LogP contribution is 2.27. The fraction of sp³-hybridized carbons (Fsp3) is 0.0455. The van der Waals surface area contributed by atoms with Gasteiger partial charge in [0.2, 0.25) is 0 Å². The Morgan fingerprint density at radius 3 is 2.08 bits per heavy atom. The van der Waals surface area contributed by atoms with Crippen molar-refractivity contribution in [1.82, 2.24) is 9.78 Å². The number of aromatic nitrogens is 2. The lowest BCUT2D eigenvalue weighted by Gasteiger charge is -2.07. The second-order valence-corrected chi connectivity index (χ2v) is 6.02. The lowest BCUT2D eigenvalue weighted by molar-refractivity contribution is 0.891. The Kier molecular flexibility index (Phi) is 4.05. The van der Waals surface area contributed by atoms with Gasteiger partial charge in [0.1, 0.15) is 0 Å². The van der Waals surface area contributed by atoms with Crippen LogP contribution < -0.4 is 5.32 Å². The summed E-state index contributed by atoms with van der Waals surface area (Å²) in [5.41, 5.74) is 5.50. The molecule has 25 heavy (non-hydrogen) atoms. The van der Waals surface area contributed by atoms with Gasteiger partial charge in [-0.15, -0.1) is 5.10 Å². The number of hydrogen-bond acceptors (Lipinski definition) is 2. The van der Waals surface area contributed by atoms with E-state index < -0.39 is 0 Å². The molecule has 1 aromatic heterocycles. The molecule has 0 atom stereocenters. The summed E-state index contributed by atoms with van der Waals surface area (Å²) >= 11 is 0. The summed E-state index contributed by atoms with van der Waals surface area (Å²) < 4.78 is 1.99. The van der Waals surface area contributed by atoms with Crippen LogP contribution in [0.25, 0.3) is 16.9 Å². The molecule has 1 N–H and O–H groups in total. The maximum atomic E-state index is 4.79. The molecule has 0 bridgehead atoms. The molecule has 0 aliphatic heterocycles. The predicted molar refractivity (Wildman–Crippen MR) is 103 cm³/mol. The van der Waals surface area contributed by atoms with Crippen molar-refractivity contribution in [3.05, 3.63) is 96.6 Å². The van der Waals surface area contributed by atoms with Crippen LogP contribution in [0, 0.1) is 6.92 Å². The first kappa shape index (κ1) is 15.2. The molecule has 4 aromatic rings. The summed E-state index contributed by atoms with van der Waals surface area (Å²) in [7, 11) is 0. The monoisotopic (exact) mass is 325 g/mol. The summed E-state index contributed by atoms with van der Waals surface area (Å²) in [5, 5.41) is 8.17. The molecule has 0 radical (unpaired) electrons. The third-order valence-electron chi connectivity index (χ3n) is 4.10. The summed E-state index contributed by atoms with van der Waals surface area (Å²) in [6.07, 6.45) is 0. The average molecular weight is 325 g/mol. The van der Waals surface area contributed by atoms with E-state index >= 15 is 0 Å². The Morgan fingerprint density at radius 1 is 0.760 bits per heavy atom. The Bertz CT molecular complexity index is 955. The van der Waals surface area contributed by atoms with E-state index in [-0.39, 0.29) is 0 Å². The summed E-state index contributed by atoms with van der Waals surface area (Å²) in [5.74, 6) is 0.825. The van der Waals surface area contributed by atoms with Crippen LogP contribution in [0.3, 0.4) is 0 Å². The van der Waals surface area contributed by atoms with E-state index in [1.165, 1.54) is 5.56 Å². The van der Waals surface area contributed by atoms with Gasteiger partial charge in [0.15, 0.2) is 5.82 Å². The van der Waals surface area contributed by atoms with Gasteiger partial charge in [-0.1, -0.05) is 66.2 Å². The number of rotatable bonds is 4. The van der Waals surface area contributed by atoms with Crippen LogP contribution in [-0.2, 0) is 0 Å². The molecule has 1 heterocycles. The van der Waals surface area contributed by atoms with E-state index in [9.17, 15) is 0 Å². The van der Waals surface area contributed by atoms with E-state index in [0.29, 0.717) is 0 Å². The fourth-order valence-electron chi connectivity index (χ4n) is 2.81. The number of nitrogens with zero attached hydrogens (tertiary/aromatic N) is 2. The number of aryl methyl sites for hydroxylation is 1. The van der Waals surface area contributed by atoms with Crippen LogP contribution in [0.5, 0.6) is 0 Å². The fourth-order valence-corrected chi connectivity index (χ4v) is 2.81. The average Bonchev–Trinajstić information content (AvgIpc) is 3.08. The van der Waals surface area contributed by atoms with E-state index in [2.05, 4.69) is 54.7 Å². The number of anilines is 2. The van der Waals surface area contributed by atoms with Crippen molar-refractivity contribution in [2.75, 3.05) is 5.32 Å². The summed E-state index contributed by atoms with van der Waals surface area (Å²) in [6.45, 7) is 2.09. The van der Waals surface area contributed by atoms with Crippen LogP contribution in [0.15, 0.2) is 91.0 Å².